The van der Waals surface area contributed by atoms with E-state index in [-0.39, 0.29) is 11.7 Å². The molecule has 1 aromatic carbocycles. The van der Waals surface area contributed by atoms with Crippen molar-refractivity contribution in [1.82, 2.24) is 19.6 Å². The SMILES string of the molecule is Cc1cc(C(=O)Nc2nn(Cc3ccc(Cl)c(Cl)c3)cc2Cl)nn1C. The maximum absolute atomic E-state index is 12.3. The van der Waals surface area contributed by atoms with E-state index in [4.69, 9.17) is 34.8 Å². The molecule has 1 N–H and O–H groups in total. The molecule has 1 amide bonds. The van der Waals surface area contributed by atoms with E-state index in [2.05, 4.69) is 15.5 Å². The van der Waals surface area contributed by atoms with E-state index in [1.807, 2.05) is 13.0 Å². The molecular weight excluding hydrogens is 385 g/mol. The first kappa shape index (κ1) is 17.8. The van der Waals surface area contributed by atoms with E-state index < -0.39 is 0 Å². The molecule has 0 radical (unpaired) electrons. The van der Waals surface area contributed by atoms with Gasteiger partial charge in [-0.05, 0) is 30.7 Å². The first-order valence-electron chi connectivity index (χ1n) is 7.32. The predicted octanol–water partition coefficient (Wildman–Crippen LogP) is 4.19. The van der Waals surface area contributed by atoms with Crippen LogP contribution in [0.5, 0.6) is 0 Å². The third-order valence-corrected chi connectivity index (χ3v) is 4.64. The highest BCUT2D eigenvalue weighted by Crippen LogP contribution is 2.24. The van der Waals surface area contributed by atoms with Crippen LogP contribution in [0.1, 0.15) is 21.7 Å². The van der Waals surface area contributed by atoms with Crippen molar-refractivity contribution in [3.05, 3.63) is 62.5 Å². The minimum absolute atomic E-state index is 0.273. The van der Waals surface area contributed by atoms with Gasteiger partial charge in [-0.2, -0.15) is 10.2 Å². The molecule has 0 aliphatic rings. The minimum Gasteiger partial charge on any atom is -0.302 e. The van der Waals surface area contributed by atoms with Crippen molar-refractivity contribution < 1.29 is 4.79 Å². The Kier molecular flexibility index (Phi) is 5.03. The summed E-state index contributed by atoms with van der Waals surface area (Å²) in [7, 11) is 1.77. The Labute approximate surface area is 159 Å². The molecule has 0 aliphatic heterocycles. The lowest BCUT2D eigenvalue weighted by molar-refractivity contribution is 0.102. The van der Waals surface area contributed by atoms with Gasteiger partial charge in [-0.15, -0.1) is 0 Å². The summed E-state index contributed by atoms with van der Waals surface area (Å²) in [5.74, 6) is -0.0968. The second-order valence-electron chi connectivity index (χ2n) is 5.52. The second kappa shape index (κ2) is 7.07. The van der Waals surface area contributed by atoms with Gasteiger partial charge in [0.05, 0.1) is 16.6 Å². The van der Waals surface area contributed by atoms with E-state index in [0.29, 0.717) is 27.3 Å². The Morgan fingerprint density at radius 3 is 2.52 bits per heavy atom. The number of rotatable bonds is 4. The molecule has 3 aromatic rings. The van der Waals surface area contributed by atoms with Gasteiger partial charge in [-0.3, -0.25) is 14.2 Å². The number of carbonyl (C=O) groups excluding carboxylic acids is 1. The van der Waals surface area contributed by atoms with Gasteiger partial charge in [-0.1, -0.05) is 40.9 Å². The van der Waals surface area contributed by atoms with Crippen LogP contribution in [0, 0.1) is 6.92 Å². The lowest BCUT2D eigenvalue weighted by Crippen LogP contribution is -2.14. The Balaban J connectivity index is 1.75. The summed E-state index contributed by atoms with van der Waals surface area (Å²) in [6, 6.07) is 7.01. The molecule has 6 nitrogen and oxygen atoms in total. The largest absolute Gasteiger partial charge is 0.302 e. The van der Waals surface area contributed by atoms with Crippen molar-refractivity contribution in [2.45, 2.75) is 13.5 Å². The van der Waals surface area contributed by atoms with Crippen LogP contribution in [0.4, 0.5) is 5.82 Å². The fraction of sp³-hybridized carbons (Fsp3) is 0.188. The van der Waals surface area contributed by atoms with Crippen molar-refractivity contribution in [2.75, 3.05) is 5.32 Å². The van der Waals surface area contributed by atoms with Gasteiger partial charge in [0.15, 0.2) is 11.5 Å². The molecular formula is C16H14Cl3N5O. The lowest BCUT2D eigenvalue weighted by atomic mass is 10.2. The van der Waals surface area contributed by atoms with Crippen LogP contribution in [-0.4, -0.2) is 25.5 Å². The number of benzene rings is 1. The van der Waals surface area contributed by atoms with Gasteiger partial charge in [0.25, 0.3) is 5.91 Å². The fourth-order valence-corrected chi connectivity index (χ4v) is 2.75. The molecule has 0 saturated heterocycles. The van der Waals surface area contributed by atoms with Crippen molar-refractivity contribution in [3.8, 4) is 0 Å². The third kappa shape index (κ3) is 3.98. The smallest absolute Gasteiger partial charge is 0.277 e. The standard InChI is InChI=1S/C16H14Cl3N5O/c1-9-5-14(21-23(9)2)16(25)20-15-13(19)8-24(22-15)7-10-3-4-11(17)12(18)6-10/h3-6,8H,7H2,1-2H3,(H,20,22,25). The molecule has 0 saturated carbocycles. The first-order valence-corrected chi connectivity index (χ1v) is 8.46. The molecule has 9 heteroatoms. The normalized spacial score (nSPS) is 10.9. The van der Waals surface area contributed by atoms with Gasteiger partial charge in [0.1, 0.15) is 5.02 Å². The molecule has 0 aliphatic carbocycles. The van der Waals surface area contributed by atoms with Gasteiger partial charge in [0.2, 0.25) is 0 Å². The predicted molar refractivity (Wildman–Crippen MR) is 98.7 cm³/mol. The number of aromatic nitrogens is 4. The van der Waals surface area contributed by atoms with Crippen molar-refractivity contribution in [1.29, 1.82) is 0 Å². The van der Waals surface area contributed by atoms with Crippen LogP contribution in [-0.2, 0) is 13.6 Å². The summed E-state index contributed by atoms with van der Waals surface area (Å²) < 4.78 is 3.24. The average molecular weight is 399 g/mol. The van der Waals surface area contributed by atoms with E-state index in [1.165, 1.54) is 0 Å². The lowest BCUT2D eigenvalue weighted by Gasteiger charge is -2.04. The Morgan fingerprint density at radius 2 is 1.88 bits per heavy atom. The maximum atomic E-state index is 12.3. The minimum atomic E-state index is -0.370. The second-order valence-corrected chi connectivity index (χ2v) is 6.74. The maximum Gasteiger partial charge on any atom is 0.277 e. The van der Waals surface area contributed by atoms with Crippen LogP contribution in [0.15, 0.2) is 30.5 Å². The fourth-order valence-electron chi connectivity index (χ4n) is 2.23. The molecule has 0 unspecified atom stereocenters. The molecule has 0 fully saturated rings. The quantitative estimate of drug-likeness (QED) is 0.717. The Morgan fingerprint density at radius 1 is 1.12 bits per heavy atom. The van der Waals surface area contributed by atoms with Gasteiger partial charge in [0, 0.05) is 18.9 Å². The van der Waals surface area contributed by atoms with Gasteiger partial charge < -0.3 is 5.32 Å². The van der Waals surface area contributed by atoms with E-state index >= 15 is 0 Å². The molecule has 0 atom stereocenters. The molecule has 130 valence electrons. The van der Waals surface area contributed by atoms with Crippen LogP contribution < -0.4 is 5.32 Å². The average Bonchev–Trinajstić information content (AvgIpc) is 3.06. The van der Waals surface area contributed by atoms with Crippen LogP contribution in [0.3, 0.4) is 0 Å². The zero-order valence-electron chi connectivity index (χ0n) is 13.4. The van der Waals surface area contributed by atoms with Crippen molar-refractivity contribution >= 4 is 46.5 Å². The summed E-state index contributed by atoms with van der Waals surface area (Å²) >= 11 is 18.1. The zero-order valence-corrected chi connectivity index (χ0v) is 15.7. The molecule has 25 heavy (non-hydrogen) atoms. The van der Waals surface area contributed by atoms with Crippen LogP contribution >= 0.6 is 34.8 Å². The summed E-state index contributed by atoms with van der Waals surface area (Å²) in [5, 5.41) is 12.4. The monoisotopic (exact) mass is 397 g/mol. The van der Waals surface area contributed by atoms with E-state index in [9.17, 15) is 4.79 Å². The van der Waals surface area contributed by atoms with Crippen LogP contribution in [0.25, 0.3) is 0 Å². The van der Waals surface area contributed by atoms with E-state index in [1.54, 1.807) is 40.8 Å². The van der Waals surface area contributed by atoms with Gasteiger partial charge >= 0.3 is 0 Å². The molecule has 3 rings (SSSR count). The summed E-state index contributed by atoms with van der Waals surface area (Å²) in [6.07, 6.45) is 1.63. The summed E-state index contributed by atoms with van der Waals surface area (Å²) in [5.41, 5.74) is 2.09. The highest BCUT2D eigenvalue weighted by molar-refractivity contribution is 6.42. The Hall–Kier alpha value is -2.02. The van der Waals surface area contributed by atoms with Crippen LogP contribution in [0.2, 0.25) is 15.1 Å². The summed E-state index contributed by atoms with van der Waals surface area (Å²) in [6.45, 7) is 2.30. The number of anilines is 1. The number of carbonyl (C=O) groups is 1. The molecule has 0 bridgehead atoms. The molecule has 0 spiro atoms. The number of aryl methyl sites for hydroxylation is 2. The van der Waals surface area contributed by atoms with Crippen molar-refractivity contribution in [3.63, 3.8) is 0 Å². The number of nitrogens with zero attached hydrogens (tertiary/aromatic N) is 4. The highest BCUT2D eigenvalue weighted by Gasteiger charge is 2.15. The number of amides is 1. The third-order valence-electron chi connectivity index (χ3n) is 3.62. The number of hydrogen-bond acceptors (Lipinski definition) is 3. The first-order chi connectivity index (χ1) is 11.8. The van der Waals surface area contributed by atoms with Gasteiger partial charge in [-0.25, -0.2) is 0 Å². The van der Waals surface area contributed by atoms with Crippen molar-refractivity contribution in [2.24, 2.45) is 7.05 Å². The number of halogens is 3. The van der Waals surface area contributed by atoms with E-state index in [0.717, 1.165) is 11.3 Å². The summed E-state index contributed by atoms with van der Waals surface area (Å²) in [4.78, 5) is 12.3. The topological polar surface area (TPSA) is 64.7 Å². The highest BCUT2D eigenvalue weighted by atomic mass is 35.5. The zero-order chi connectivity index (χ0) is 18.1. The number of nitrogens with one attached hydrogen (secondary N) is 1. The number of hydrogen-bond donors (Lipinski definition) is 1. The Bertz CT molecular complexity index is 928. The molecule has 2 aromatic heterocycles. The molecule has 2 heterocycles.